The van der Waals surface area contributed by atoms with Crippen molar-refractivity contribution in [1.29, 1.82) is 0 Å². The predicted octanol–water partition coefficient (Wildman–Crippen LogP) is 4.45. The van der Waals surface area contributed by atoms with Gasteiger partial charge in [0.05, 0.1) is 0 Å². The van der Waals surface area contributed by atoms with Gasteiger partial charge in [-0.15, -0.1) is 11.3 Å². The third kappa shape index (κ3) is 2.31. The maximum Gasteiger partial charge on any atom is 0.114 e. The molecule has 0 aliphatic carbocycles. The van der Waals surface area contributed by atoms with Gasteiger partial charge < -0.3 is 5.11 Å². The zero-order chi connectivity index (χ0) is 13.4. The summed E-state index contributed by atoms with van der Waals surface area (Å²) in [6.45, 7) is 2.04. The van der Waals surface area contributed by atoms with E-state index in [0.29, 0.717) is 0 Å². The summed E-state index contributed by atoms with van der Waals surface area (Å²) in [6.07, 6.45) is 2.97. The highest BCUT2D eigenvalue weighted by molar-refractivity contribution is 9.10. The normalized spacial score (nSPS) is 12.8. The second-order valence-electron chi connectivity index (χ2n) is 4.40. The molecule has 3 rings (SSSR count). The third-order valence-electron chi connectivity index (χ3n) is 3.16. The molecule has 0 spiro atoms. The predicted molar refractivity (Wildman–Crippen MR) is 82.6 cm³/mol. The van der Waals surface area contributed by atoms with E-state index in [1.165, 1.54) is 4.88 Å². The summed E-state index contributed by atoms with van der Waals surface area (Å²) in [5.74, 6) is 0. The van der Waals surface area contributed by atoms with Crippen molar-refractivity contribution in [3.05, 3.63) is 62.5 Å². The van der Waals surface area contributed by atoms with Crippen LogP contribution in [0.5, 0.6) is 0 Å². The molecule has 0 fully saturated rings. The molecule has 19 heavy (non-hydrogen) atoms. The van der Waals surface area contributed by atoms with Crippen molar-refractivity contribution in [2.45, 2.75) is 13.0 Å². The van der Waals surface area contributed by atoms with Crippen molar-refractivity contribution >= 4 is 38.0 Å². The fraction of sp³-hybridized carbons (Fsp3) is 0.133. The Bertz CT molecular complexity index is 713. The number of halogens is 1. The number of rotatable bonds is 2. The number of aliphatic hydroxyl groups excluding tert-OH is 1. The minimum Gasteiger partial charge on any atom is -0.383 e. The number of hydrogen-bond acceptors (Lipinski definition) is 3. The van der Waals surface area contributed by atoms with E-state index in [-0.39, 0.29) is 0 Å². The van der Waals surface area contributed by atoms with Gasteiger partial charge in [-0.3, -0.25) is 4.98 Å². The average molecular weight is 334 g/mol. The molecule has 0 radical (unpaired) electrons. The smallest absolute Gasteiger partial charge is 0.114 e. The largest absolute Gasteiger partial charge is 0.383 e. The van der Waals surface area contributed by atoms with Crippen LogP contribution in [0.4, 0.5) is 0 Å². The van der Waals surface area contributed by atoms with Gasteiger partial charge >= 0.3 is 0 Å². The van der Waals surface area contributed by atoms with Crippen LogP contribution in [0.15, 0.2) is 47.2 Å². The van der Waals surface area contributed by atoms with E-state index in [1.54, 1.807) is 17.5 Å². The summed E-state index contributed by atoms with van der Waals surface area (Å²) < 4.78 is 1.05. The fourth-order valence-electron chi connectivity index (χ4n) is 2.14. The number of pyridine rings is 1. The van der Waals surface area contributed by atoms with Crippen molar-refractivity contribution in [3.8, 4) is 0 Å². The Balaban J connectivity index is 2.13. The molecule has 1 N–H and O–H groups in total. The molecule has 0 amide bonds. The quantitative estimate of drug-likeness (QED) is 0.751. The van der Waals surface area contributed by atoms with Crippen LogP contribution in [0.3, 0.4) is 0 Å². The van der Waals surface area contributed by atoms with E-state index in [4.69, 9.17) is 0 Å². The number of aryl methyl sites for hydroxylation is 1. The van der Waals surface area contributed by atoms with Crippen molar-refractivity contribution in [3.63, 3.8) is 0 Å². The van der Waals surface area contributed by atoms with Gasteiger partial charge in [-0.25, -0.2) is 0 Å². The lowest BCUT2D eigenvalue weighted by atomic mass is 10.0. The molecule has 2 nitrogen and oxygen atoms in total. The molecule has 3 aromatic rings. The lowest BCUT2D eigenvalue weighted by Gasteiger charge is -2.11. The lowest BCUT2D eigenvalue weighted by Crippen LogP contribution is -1.98. The molecule has 0 saturated carbocycles. The monoisotopic (exact) mass is 333 g/mol. The molecule has 4 heteroatoms. The minimum absolute atomic E-state index is 0.608. The topological polar surface area (TPSA) is 33.1 Å². The Morgan fingerprint density at radius 3 is 2.89 bits per heavy atom. The summed E-state index contributed by atoms with van der Waals surface area (Å²) in [5, 5.41) is 12.7. The lowest BCUT2D eigenvalue weighted by molar-refractivity contribution is 0.225. The van der Waals surface area contributed by atoms with Gasteiger partial charge in [-0.2, -0.15) is 0 Å². The number of fused-ring (bicyclic) bond motifs is 1. The number of aliphatic hydroxyl groups is 1. The van der Waals surface area contributed by atoms with Crippen LogP contribution >= 0.6 is 27.3 Å². The standard InChI is InChI=1S/C15H12BrNOS/c1-9-13(16)7-14(19-9)15(18)11-4-2-3-10-5-6-17-8-12(10)11/h2-8,15,18H,1H3. The Kier molecular flexibility index (Phi) is 3.39. The number of benzene rings is 1. The van der Waals surface area contributed by atoms with Gasteiger partial charge in [-0.05, 0) is 45.9 Å². The first kappa shape index (κ1) is 12.8. The van der Waals surface area contributed by atoms with Crippen molar-refractivity contribution < 1.29 is 5.11 Å². The molecule has 96 valence electrons. The maximum absolute atomic E-state index is 10.6. The van der Waals surface area contributed by atoms with Crippen LogP contribution in [0.2, 0.25) is 0 Å². The molecule has 2 aromatic heterocycles. The molecule has 0 aliphatic rings. The summed E-state index contributed by atoms with van der Waals surface area (Å²) in [5.41, 5.74) is 0.902. The second kappa shape index (κ2) is 5.04. The van der Waals surface area contributed by atoms with Gasteiger partial charge in [0, 0.05) is 32.0 Å². The zero-order valence-corrected chi connectivity index (χ0v) is 12.7. The molecule has 1 unspecified atom stereocenters. The Morgan fingerprint density at radius 1 is 1.32 bits per heavy atom. The van der Waals surface area contributed by atoms with Crippen LogP contribution in [0.1, 0.15) is 21.4 Å². The maximum atomic E-state index is 10.6. The van der Waals surface area contributed by atoms with E-state index in [9.17, 15) is 5.11 Å². The first-order valence-electron chi connectivity index (χ1n) is 5.93. The number of nitrogens with zero attached hydrogens (tertiary/aromatic N) is 1. The van der Waals surface area contributed by atoms with Gasteiger partial charge in [-0.1, -0.05) is 18.2 Å². The zero-order valence-electron chi connectivity index (χ0n) is 10.3. The summed E-state index contributed by atoms with van der Waals surface area (Å²) >= 11 is 5.10. The van der Waals surface area contributed by atoms with Crippen molar-refractivity contribution in [2.24, 2.45) is 0 Å². The minimum atomic E-state index is -0.608. The molecule has 0 bridgehead atoms. The van der Waals surface area contributed by atoms with Gasteiger partial charge in [0.25, 0.3) is 0 Å². The first-order valence-corrected chi connectivity index (χ1v) is 7.54. The summed E-state index contributed by atoms with van der Waals surface area (Å²) in [4.78, 5) is 6.27. The Labute approximate surface area is 123 Å². The Hall–Kier alpha value is -1.23. The molecule has 1 atom stereocenters. The molecule has 2 heterocycles. The second-order valence-corrected chi connectivity index (χ2v) is 6.54. The molecule has 0 aliphatic heterocycles. The Morgan fingerprint density at radius 2 is 2.16 bits per heavy atom. The molecular formula is C15H12BrNOS. The van der Waals surface area contributed by atoms with Gasteiger partial charge in [0.1, 0.15) is 6.10 Å². The number of thiophene rings is 1. The highest BCUT2D eigenvalue weighted by atomic mass is 79.9. The average Bonchev–Trinajstić information content (AvgIpc) is 2.77. The highest BCUT2D eigenvalue weighted by Gasteiger charge is 2.16. The van der Waals surface area contributed by atoms with E-state index < -0.39 is 6.10 Å². The summed E-state index contributed by atoms with van der Waals surface area (Å²) in [6, 6.07) is 9.90. The molecule has 0 saturated heterocycles. The molecule has 1 aromatic carbocycles. The van der Waals surface area contributed by atoms with Gasteiger partial charge in [0.2, 0.25) is 0 Å². The first-order chi connectivity index (χ1) is 9.16. The van der Waals surface area contributed by atoms with E-state index in [0.717, 1.165) is 25.7 Å². The van der Waals surface area contributed by atoms with Crippen LogP contribution < -0.4 is 0 Å². The number of aromatic nitrogens is 1. The van der Waals surface area contributed by atoms with Crippen molar-refractivity contribution in [1.82, 2.24) is 4.98 Å². The van der Waals surface area contributed by atoms with E-state index in [2.05, 4.69) is 20.9 Å². The fourth-order valence-corrected chi connectivity index (χ4v) is 3.71. The van der Waals surface area contributed by atoms with E-state index >= 15 is 0 Å². The number of hydrogen-bond donors (Lipinski definition) is 1. The van der Waals surface area contributed by atoms with E-state index in [1.807, 2.05) is 43.5 Å². The van der Waals surface area contributed by atoms with Crippen LogP contribution in [-0.4, -0.2) is 10.1 Å². The molecular weight excluding hydrogens is 322 g/mol. The highest BCUT2D eigenvalue weighted by Crippen LogP contribution is 2.35. The summed E-state index contributed by atoms with van der Waals surface area (Å²) in [7, 11) is 0. The SMILES string of the molecule is Cc1sc(C(O)c2cccc3ccncc23)cc1Br. The third-order valence-corrected chi connectivity index (χ3v) is 5.35. The van der Waals surface area contributed by atoms with Gasteiger partial charge in [0.15, 0.2) is 0 Å². The van der Waals surface area contributed by atoms with Crippen LogP contribution in [-0.2, 0) is 0 Å². The van der Waals surface area contributed by atoms with Crippen molar-refractivity contribution in [2.75, 3.05) is 0 Å². The van der Waals surface area contributed by atoms with Crippen LogP contribution in [0, 0.1) is 6.92 Å². The van der Waals surface area contributed by atoms with Crippen LogP contribution in [0.25, 0.3) is 10.8 Å².